The van der Waals surface area contributed by atoms with Crippen LogP contribution in [0.3, 0.4) is 0 Å². The molecule has 0 aliphatic carbocycles. The van der Waals surface area contributed by atoms with Gasteiger partial charge < -0.3 is 0 Å². The Hall–Kier alpha value is -2.84. The third-order valence-electron chi connectivity index (χ3n) is 4.76. The van der Waals surface area contributed by atoms with Crippen LogP contribution >= 0.6 is 46.6 Å². The van der Waals surface area contributed by atoms with Crippen molar-refractivity contribution in [3.8, 4) is 17.1 Å². The minimum Gasteiger partial charge on any atom is -0.272 e. The number of amides is 1. The van der Waals surface area contributed by atoms with Crippen LogP contribution in [0.15, 0.2) is 83.1 Å². The molecule has 0 atom stereocenters. The van der Waals surface area contributed by atoms with Crippen LogP contribution in [0.25, 0.3) is 17.1 Å². The fourth-order valence-electron chi connectivity index (χ4n) is 3.04. The Kier molecular flexibility index (Phi) is 7.90. The molecule has 1 amide bonds. The number of hydrogen-bond acceptors (Lipinski definition) is 5. The summed E-state index contributed by atoms with van der Waals surface area (Å²) in [6, 6.07) is 21.9. The van der Waals surface area contributed by atoms with Crippen LogP contribution in [0.2, 0.25) is 15.1 Å². The standard InChI is InChI=1S/C24H18Cl3N5OS/c1-15(16-2-6-18(25)7-3-16)28-29-22(33)14-34-24-31-30-23(17-4-8-19(26)9-5-17)32(24)21-12-10-20(27)11-13-21/h2-13H,14H2,1H3,(H,29,33)/b28-15-. The molecule has 0 bridgehead atoms. The van der Waals surface area contributed by atoms with Crippen molar-refractivity contribution in [2.24, 2.45) is 5.10 Å². The monoisotopic (exact) mass is 529 g/mol. The second-order valence-corrected chi connectivity index (χ2v) is 9.40. The largest absolute Gasteiger partial charge is 0.272 e. The van der Waals surface area contributed by atoms with E-state index in [1.54, 1.807) is 36.4 Å². The highest BCUT2D eigenvalue weighted by molar-refractivity contribution is 7.99. The lowest BCUT2D eigenvalue weighted by Gasteiger charge is -2.10. The molecule has 34 heavy (non-hydrogen) atoms. The van der Waals surface area contributed by atoms with E-state index < -0.39 is 0 Å². The summed E-state index contributed by atoms with van der Waals surface area (Å²) in [6.07, 6.45) is 0. The summed E-state index contributed by atoms with van der Waals surface area (Å²) in [4.78, 5) is 12.5. The fourth-order valence-corrected chi connectivity index (χ4v) is 4.16. The molecule has 4 rings (SSSR count). The summed E-state index contributed by atoms with van der Waals surface area (Å²) in [7, 11) is 0. The molecule has 0 aliphatic heterocycles. The maximum Gasteiger partial charge on any atom is 0.250 e. The number of hydrogen-bond donors (Lipinski definition) is 1. The summed E-state index contributed by atoms with van der Waals surface area (Å²) in [6.45, 7) is 1.81. The zero-order chi connectivity index (χ0) is 24.1. The average molecular weight is 531 g/mol. The van der Waals surface area contributed by atoms with Gasteiger partial charge in [-0.1, -0.05) is 58.7 Å². The summed E-state index contributed by atoms with van der Waals surface area (Å²) in [5.41, 5.74) is 5.78. The van der Waals surface area contributed by atoms with E-state index in [0.717, 1.165) is 16.8 Å². The van der Waals surface area contributed by atoms with Crippen LogP contribution in [0.5, 0.6) is 0 Å². The van der Waals surface area contributed by atoms with Crippen molar-refractivity contribution in [2.45, 2.75) is 12.1 Å². The fraction of sp³-hybridized carbons (Fsp3) is 0.0833. The average Bonchev–Trinajstić information content (AvgIpc) is 3.26. The predicted molar refractivity (Wildman–Crippen MR) is 139 cm³/mol. The van der Waals surface area contributed by atoms with Crippen molar-refractivity contribution in [3.05, 3.63) is 93.4 Å². The Morgan fingerprint density at radius 2 is 1.44 bits per heavy atom. The molecular weight excluding hydrogens is 513 g/mol. The first kappa shape index (κ1) is 24.3. The third kappa shape index (κ3) is 5.98. The number of benzene rings is 3. The molecule has 0 radical (unpaired) electrons. The van der Waals surface area contributed by atoms with Crippen LogP contribution in [-0.2, 0) is 4.79 Å². The highest BCUT2D eigenvalue weighted by atomic mass is 35.5. The molecule has 1 aromatic heterocycles. The van der Waals surface area contributed by atoms with Gasteiger partial charge in [0.25, 0.3) is 5.91 Å². The Labute approximate surface area is 215 Å². The Balaban J connectivity index is 1.52. The lowest BCUT2D eigenvalue weighted by molar-refractivity contribution is -0.118. The highest BCUT2D eigenvalue weighted by Crippen LogP contribution is 2.29. The number of rotatable bonds is 7. The molecule has 0 saturated heterocycles. The first-order chi connectivity index (χ1) is 16.4. The molecular formula is C24H18Cl3N5OS. The Morgan fingerprint density at radius 1 is 0.882 bits per heavy atom. The quantitative estimate of drug-likeness (QED) is 0.168. The summed E-state index contributed by atoms with van der Waals surface area (Å²) >= 11 is 19.3. The number of carbonyl (C=O) groups is 1. The van der Waals surface area contributed by atoms with E-state index in [0.29, 0.717) is 31.8 Å². The van der Waals surface area contributed by atoms with Gasteiger partial charge in [-0.15, -0.1) is 10.2 Å². The molecule has 0 aliphatic rings. The van der Waals surface area contributed by atoms with E-state index in [2.05, 4.69) is 20.7 Å². The molecule has 4 aromatic rings. The van der Waals surface area contributed by atoms with Gasteiger partial charge >= 0.3 is 0 Å². The number of halogens is 3. The molecule has 0 unspecified atom stereocenters. The maximum absolute atomic E-state index is 12.5. The minimum absolute atomic E-state index is 0.101. The van der Waals surface area contributed by atoms with E-state index >= 15 is 0 Å². The number of thioether (sulfide) groups is 1. The topological polar surface area (TPSA) is 72.2 Å². The second-order valence-electron chi connectivity index (χ2n) is 7.15. The zero-order valence-electron chi connectivity index (χ0n) is 17.9. The molecule has 6 nitrogen and oxygen atoms in total. The van der Waals surface area contributed by atoms with Crippen molar-refractivity contribution in [1.29, 1.82) is 0 Å². The second kappa shape index (κ2) is 11.1. The Morgan fingerprint density at radius 3 is 2.06 bits per heavy atom. The number of nitrogens with zero attached hydrogens (tertiary/aromatic N) is 4. The molecule has 0 spiro atoms. The van der Waals surface area contributed by atoms with Crippen molar-refractivity contribution in [1.82, 2.24) is 20.2 Å². The van der Waals surface area contributed by atoms with Crippen molar-refractivity contribution < 1.29 is 4.79 Å². The lowest BCUT2D eigenvalue weighted by atomic mass is 10.1. The van der Waals surface area contributed by atoms with Gasteiger partial charge in [-0.05, 0) is 73.2 Å². The van der Waals surface area contributed by atoms with Gasteiger partial charge in [0.05, 0.1) is 11.5 Å². The minimum atomic E-state index is -0.267. The molecule has 3 aromatic carbocycles. The van der Waals surface area contributed by atoms with E-state index in [9.17, 15) is 4.79 Å². The molecule has 1 heterocycles. The van der Waals surface area contributed by atoms with Gasteiger partial charge in [-0.25, -0.2) is 5.43 Å². The first-order valence-electron chi connectivity index (χ1n) is 10.1. The molecule has 10 heteroatoms. The van der Waals surface area contributed by atoms with E-state index in [4.69, 9.17) is 34.8 Å². The Bertz CT molecular complexity index is 1320. The van der Waals surface area contributed by atoms with Crippen LogP contribution in [0.4, 0.5) is 0 Å². The maximum atomic E-state index is 12.5. The number of carbonyl (C=O) groups excluding carboxylic acids is 1. The lowest BCUT2D eigenvalue weighted by Crippen LogP contribution is -2.21. The summed E-state index contributed by atoms with van der Waals surface area (Å²) < 4.78 is 1.87. The summed E-state index contributed by atoms with van der Waals surface area (Å²) in [5, 5.41) is 15.3. The smallest absolute Gasteiger partial charge is 0.250 e. The van der Waals surface area contributed by atoms with Gasteiger partial charge in [0.1, 0.15) is 0 Å². The van der Waals surface area contributed by atoms with Crippen LogP contribution in [0, 0.1) is 0 Å². The van der Waals surface area contributed by atoms with Gasteiger partial charge in [0.2, 0.25) is 0 Å². The van der Waals surface area contributed by atoms with Crippen molar-refractivity contribution in [3.63, 3.8) is 0 Å². The number of nitrogens with one attached hydrogen (secondary N) is 1. The molecule has 172 valence electrons. The van der Waals surface area contributed by atoms with E-state index in [1.165, 1.54) is 11.8 Å². The van der Waals surface area contributed by atoms with Crippen LogP contribution in [0.1, 0.15) is 12.5 Å². The molecule has 0 fully saturated rings. The highest BCUT2D eigenvalue weighted by Gasteiger charge is 2.17. The summed E-state index contributed by atoms with van der Waals surface area (Å²) in [5.74, 6) is 0.458. The number of aromatic nitrogens is 3. The third-order valence-corrected chi connectivity index (χ3v) is 6.45. The normalized spacial score (nSPS) is 11.5. The molecule has 1 N–H and O–H groups in total. The van der Waals surface area contributed by atoms with E-state index in [1.807, 2.05) is 47.9 Å². The SMILES string of the molecule is C/C(=N/NC(=O)CSc1nnc(-c2ccc(Cl)cc2)n1-c1ccc(Cl)cc1)c1ccc(Cl)cc1. The van der Waals surface area contributed by atoms with Gasteiger partial charge in [0, 0.05) is 26.3 Å². The predicted octanol–water partition coefficient (Wildman–Crippen LogP) is 6.53. The molecule has 0 saturated carbocycles. The van der Waals surface area contributed by atoms with Gasteiger partial charge in [0.15, 0.2) is 11.0 Å². The van der Waals surface area contributed by atoms with Crippen molar-refractivity contribution >= 4 is 58.2 Å². The van der Waals surface area contributed by atoms with Crippen LogP contribution < -0.4 is 5.43 Å². The first-order valence-corrected chi connectivity index (χ1v) is 12.2. The van der Waals surface area contributed by atoms with Crippen molar-refractivity contribution in [2.75, 3.05) is 5.75 Å². The van der Waals surface area contributed by atoms with Gasteiger partial charge in [-0.2, -0.15) is 5.10 Å². The number of hydrazone groups is 1. The van der Waals surface area contributed by atoms with Crippen LogP contribution in [-0.4, -0.2) is 32.1 Å². The van der Waals surface area contributed by atoms with E-state index in [-0.39, 0.29) is 11.7 Å². The zero-order valence-corrected chi connectivity index (χ0v) is 21.0. The van der Waals surface area contributed by atoms with Gasteiger partial charge in [-0.3, -0.25) is 9.36 Å².